The third-order valence-electron chi connectivity index (χ3n) is 9.85. The molecule has 5 heterocycles. The molecule has 0 unspecified atom stereocenters. The third-order valence-corrected chi connectivity index (χ3v) is 10.2. The van der Waals surface area contributed by atoms with Crippen LogP contribution in [0.15, 0.2) is 6.07 Å². The predicted octanol–water partition coefficient (Wildman–Crippen LogP) is 6.02. The number of nitrogen functional groups attached to an aromatic ring is 1. The lowest BCUT2D eigenvalue weighted by Gasteiger charge is -2.52. The van der Waals surface area contributed by atoms with Gasteiger partial charge in [-0.25, -0.2) is 9.37 Å². The Bertz CT molecular complexity index is 1670. The van der Waals surface area contributed by atoms with Crippen LogP contribution in [0.4, 0.5) is 29.2 Å². The average molecular weight is 651 g/mol. The molecule has 0 atom stereocenters. The Balaban J connectivity index is 1.48. The van der Waals surface area contributed by atoms with E-state index >= 15 is 4.39 Å². The van der Waals surface area contributed by atoms with Gasteiger partial charge in [-0.05, 0) is 64.8 Å². The van der Waals surface area contributed by atoms with Gasteiger partial charge in [-0.1, -0.05) is 11.6 Å². The number of likely N-dealkylation sites (N-methyl/N-ethyl adjacent to an activating group) is 1. The summed E-state index contributed by atoms with van der Waals surface area (Å²) < 4.78 is 78.3. The van der Waals surface area contributed by atoms with Gasteiger partial charge in [0.15, 0.2) is 11.6 Å². The Kier molecular flexibility index (Phi) is 7.25. The number of hydrogen-bond donors (Lipinski definition) is 1. The molecule has 2 aliphatic carbocycles. The monoisotopic (exact) mass is 650 g/mol. The quantitative estimate of drug-likeness (QED) is 0.308. The third kappa shape index (κ3) is 5.01. The summed E-state index contributed by atoms with van der Waals surface area (Å²) in [5, 5.41) is -0.153. The second-order valence-corrected chi connectivity index (χ2v) is 13.6. The van der Waals surface area contributed by atoms with Gasteiger partial charge >= 0.3 is 12.2 Å². The molecule has 5 aliphatic rings. The van der Waals surface area contributed by atoms with Crippen molar-refractivity contribution in [2.45, 2.75) is 63.3 Å². The molecule has 0 amide bonds. The fourth-order valence-corrected chi connectivity index (χ4v) is 7.66. The van der Waals surface area contributed by atoms with Gasteiger partial charge in [0.05, 0.1) is 53.2 Å². The number of ether oxygens (including phenoxy) is 3. The van der Waals surface area contributed by atoms with Crippen molar-refractivity contribution in [2.24, 2.45) is 5.41 Å². The molecule has 9 nitrogen and oxygen atoms in total. The number of hydrogen-bond acceptors (Lipinski definition) is 9. The van der Waals surface area contributed by atoms with Crippen LogP contribution in [0.3, 0.4) is 0 Å². The number of halogens is 5. The molecule has 4 fully saturated rings. The molecule has 2 N–H and O–H groups in total. The van der Waals surface area contributed by atoms with Gasteiger partial charge in [-0.3, -0.25) is 0 Å². The van der Waals surface area contributed by atoms with E-state index in [1.54, 1.807) is 0 Å². The number of aryl methyl sites for hydroxylation is 1. The molecule has 8 rings (SSSR count). The van der Waals surface area contributed by atoms with Crippen molar-refractivity contribution < 1.29 is 31.8 Å². The highest BCUT2D eigenvalue weighted by Crippen LogP contribution is 2.54. The Hall–Kier alpha value is -3.16. The number of benzene rings is 1. The highest BCUT2D eigenvalue weighted by molar-refractivity contribution is 6.36. The summed E-state index contributed by atoms with van der Waals surface area (Å²) in [6.45, 7) is 3.54. The minimum Gasteiger partial charge on any atom is -0.491 e. The van der Waals surface area contributed by atoms with E-state index in [0.717, 1.165) is 38.2 Å². The lowest BCUT2D eigenvalue weighted by Crippen LogP contribution is -2.57. The highest BCUT2D eigenvalue weighted by atomic mass is 35.5. The molecule has 2 aromatic heterocycles. The van der Waals surface area contributed by atoms with Gasteiger partial charge in [0, 0.05) is 30.5 Å². The summed E-state index contributed by atoms with van der Waals surface area (Å²) in [5.74, 6) is -0.896. The number of fused-ring (bicyclic) bond motifs is 1. The molecule has 2 saturated carbocycles. The van der Waals surface area contributed by atoms with Gasteiger partial charge in [-0.15, -0.1) is 0 Å². The smallest absolute Gasteiger partial charge is 0.418 e. The second kappa shape index (κ2) is 10.7. The molecule has 242 valence electrons. The summed E-state index contributed by atoms with van der Waals surface area (Å²) in [6.07, 6.45) is 0.481. The second-order valence-electron chi connectivity index (χ2n) is 13.2. The first-order valence-electron chi connectivity index (χ1n) is 15.2. The molecular formula is C31H35ClF4N6O3. The average Bonchev–Trinajstić information content (AvgIpc) is 3.51. The number of rotatable bonds is 7. The zero-order valence-corrected chi connectivity index (χ0v) is 26.1. The molecular weight excluding hydrogens is 616 g/mol. The van der Waals surface area contributed by atoms with Crippen molar-refractivity contribution in [3.05, 3.63) is 28.0 Å². The number of aromatic nitrogens is 3. The summed E-state index contributed by atoms with van der Waals surface area (Å²) >= 11 is 6.85. The van der Waals surface area contributed by atoms with E-state index in [1.165, 1.54) is 6.92 Å². The Labute approximate surface area is 263 Å². The predicted molar refractivity (Wildman–Crippen MR) is 161 cm³/mol. The van der Waals surface area contributed by atoms with Crippen LogP contribution >= 0.6 is 11.6 Å². The van der Waals surface area contributed by atoms with E-state index in [0.29, 0.717) is 31.9 Å². The minimum atomic E-state index is -4.87. The molecule has 0 radical (unpaired) electrons. The number of alkyl halides is 3. The van der Waals surface area contributed by atoms with E-state index in [9.17, 15) is 13.2 Å². The summed E-state index contributed by atoms with van der Waals surface area (Å²) in [4.78, 5) is 17.5. The van der Waals surface area contributed by atoms with E-state index in [2.05, 4.69) is 14.9 Å². The Morgan fingerprint density at radius 2 is 1.93 bits per heavy atom. The van der Waals surface area contributed by atoms with Crippen molar-refractivity contribution in [3.63, 3.8) is 0 Å². The number of nitrogens with zero attached hydrogens (tertiary/aromatic N) is 5. The molecule has 2 bridgehead atoms. The topological polar surface area (TPSA) is 98.9 Å². The van der Waals surface area contributed by atoms with Crippen LogP contribution in [0.5, 0.6) is 11.8 Å². The molecule has 1 aromatic carbocycles. The first kappa shape index (κ1) is 30.5. The molecule has 1 spiro atoms. The zero-order valence-electron chi connectivity index (χ0n) is 25.4. The van der Waals surface area contributed by atoms with Crippen LogP contribution in [-0.4, -0.2) is 78.5 Å². The van der Waals surface area contributed by atoms with Crippen LogP contribution in [0.2, 0.25) is 5.02 Å². The van der Waals surface area contributed by atoms with E-state index in [1.807, 2.05) is 19.0 Å². The van der Waals surface area contributed by atoms with Gasteiger partial charge in [-0.2, -0.15) is 23.1 Å². The molecule has 14 heteroatoms. The largest absolute Gasteiger partial charge is 0.491 e. The van der Waals surface area contributed by atoms with Crippen LogP contribution in [0, 0.1) is 18.2 Å². The lowest BCUT2D eigenvalue weighted by atomic mass is 9.71. The van der Waals surface area contributed by atoms with Gasteiger partial charge < -0.3 is 29.7 Å². The lowest BCUT2D eigenvalue weighted by molar-refractivity contribution is -0.137. The SMILES string of the molecule is Cc1cc(N)nc(-c2c(Cl)c3c4c(nc(OCC56COC(C5)C6)nc4c2F)N(CCN(C)C)C2(CCC2)CCO3)c1C(F)(F)F. The molecule has 2 saturated heterocycles. The fourth-order valence-electron chi connectivity index (χ4n) is 7.34. The first-order chi connectivity index (χ1) is 21.3. The van der Waals surface area contributed by atoms with Crippen molar-refractivity contribution in [3.8, 4) is 23.0 Å². The first-order valence-corrected chi connectivity index (χ1v) is 15.6. The van der Waals surface area contributed by atoms with Gasteiger partial charge in [0.1, 0.15) is 17.2 Å². The Morgan fingerprint density at radius 3 is 2.56 bits per heavy atom. The van der Waals surface area contributed by atoms with E-state index in [-0.39, 0.29) is 69.3 Å². The summed E-state index contributed by atoms with van der Waals surface area (Å²) in [5.41, 5.74) is 2.54. The van der Waals surface area contributed by atoms with E-state index < -0.39 is 28.8 Å². The molecule has 45 heavy (non-hydrogen) atoms. The van der Waals surface area contributed by atoms with Crippen LogP contribution in [-0.2, 0) is 10.9 Å². The Morgan fingerprint density at radius 1 is 1.18 bits per heavy atom. The highest BCUT2D eigenvalue weighted by Gasteiger charge is 2.53. The van der Waals surface area contributed by atoms with E-state index in [4.69, 9.17) is 36.5 Å². The number of nitrogens with two attached hydrogens (primary N) is 1. The number of pyridine rings is 1. The molecule has 3 aromatic rings. The maximum absolute atomic E-state index is 17.0. The maximum atomic E-state index is 17.0. The normalized spacial score (nSPS) is 23.5. The van der Waals surface area contributed by atoms with Crippen molar-refractivity contribution >= 4 is 34.1 Å². The van der Waals surface area contributed by atoms with Crippen molar-refractivity contribution in [1.82, 2.24) is 19.9 Å². The van der Waals surface area contributed by atoms with Gasteiger partial charge in [0.2, 0.25) is 0 Å². The standard InChI is InChI=1S/C31H35ClF4N6O3/c1-16-11-18(37)38-24(21(16)31(34,35)36)19-22(32)26-20-25(23(19)33)39-28(45-15-29-12-17(13-29)44-14-29)40-27(20)42(9-8-41(2)3)30(5-4-6-30)7-10-43-26/h11,17H,4-10,12-15H2,1-3H3,(H2,37,38). The zero-order chi connectivity index (χ0) is 31.9. The fraction of sp³-hybridized carbons (Fsp3) is 0.581. The summed E-state index contributed by atoms with van der Waals surface area (Å²) in [7, 11) is 3.93. The minimum absolute atomic E-state index is 0.00765. The van der Waals surface area contributed by atoms with Crippen molar-refractivity contribution in [1.29, 1.82) is 0 Å². The summed E-state index contributed by atoms with van der Waals surface area (Å²) in [6, 6.07) is 1.02. The number of anilines is 2. The van der Waals surface area contributed by atoms with Crippen LogP contribution in [0.25, 0.3) is 22.2 Å². The molecule has 3 aliphatic heterocycles. The van der Waals surface area contributed by atoms with Crippen LogP contribution in [0.1, 0.15) is 49.7 Å². The van der Waals surface area contributed by atoms with Gasteiger partial charge in [0.25, 0.3) is 0 Å². The van der Waals surface area contributed by atoms with Crippen LogP contribution < -0.4 is 20.1 Å². The maximum Gasteiger partial charge on any atom is 0.418 e. The van der Waals surface area contributed by atoms with Crippen molar-refractivity contribution in [2.75, 3.05) is 57.6 Å².